The standard InChI is InChI=1S/C18H28O4/c1-17(2,3)21-16(22-18(4,5)6)12-15(19)20-13-14-10-8-7-9-11-14/h7-11,16H,12-13H2,1-6H3. The van der Waals surface area contributed by atoms with E-state index in [2.05, 4.69) is 0 Å². The van der Waals surface area contributed by atoms with Crippen molar-refractivity contribution >= 4 is 5.97 Å². The molecule has 0 spiro atoms. The first-order valence-corrected chi connectivity index (χ1v) is 7.60. The number of hydrogen-bond acceptors (Lipinski definition) is 4. The molecule has 4 nitrogen and oxygen atoms in total. The lowest BCUT2D eigenvalue weighted by atomic mass is 10.1. The lowest BCUT2D eigenvalue weighted by Crippen LogP contribution is -2.36. The maximum atomic E-state index is 12.0. The van der Waals surface area contributed by atoms with Crippen LogP contribution in [-0.2, 0) is 25.6 Å². The number of hydrogen-bond donors (Lipinski definition) is 0. The van der Waals surface area contributed by atoms with Gasteiger partial charge in [-0.15, -0.1) is 0 Å². The van der Waals surface area contributed by atoms with E-state index in [1.807, 2.05) is 71.9 Å². The zero-order valence-corrected chi connectivity index (χ0v) is 14.5. The molecular weight excluding hydrogens is 280 g/mol. The first-order valence-electron chi connectivity index (χ1n) is 7.60. The number of carbonyl (C=O) groups is 1. The van der Waals surface area contributed by atoms with Gasteiger partial charge in [0.2, 0.25) is 0 Å². The second-order valence-electron chi connectivity index (χ2n) is 7.24. The Morgan fingerprint density at radius 3 is 1.91 bits per heavy atom. The number of ether oxygens (including phenoxy) is 3. The fraction of sp³-hybridized carbons (Fsp3) is 0.611. The third-order valence-electron chi connectivity index (χ3n) is 2.55. The lowest BCUT2D eigenvalue weighted by Gasteiger charge is -2.32. The monoisotopic (exact) mass is 308 g/mol. The fourth-order valence-corrected chi connectivity index (χ4v) is 1.83. The van der Waals surface area contributed by atoms with Gasteiger partial charge in [0.05, 0.1) is 17.6 Å². The number of carbonyl (C=O) groups excluding carboxylic acids is 1. The van der Waals surface area contributed by atoms with Crippen LogP contribution in [0.2, 0.25) is 0 Å². The molecular formula is C18H28O4. The van der Waals surface area contributed by atoms with Gasteiger partial charge in [0.15, 0.2) is 6.29 Å². The van der Waals surface area contributed by atoms with Crippen LogP contribution in [0.3, 0.4) is 0 Å². The Labute approximate surface area is 133 Å². The fourth-order valence-electron chi connectivity index (χ4n) is 1.83. The number of rotatable bonds is 6. The summed E-state index contributed by atoms with van der Waals surface area (Å²) in [5, 5.41) is 0. The van der Waals surface area contributed by atoms with Crippen LogP contribution >= 0.6 is 0 Å². The van der Waals surface area contributed by atoms with E-state index in [1.54, 1.807) is 0 Å². The average Bonchev–Trinajstić information content (AvgIpc) is 2.33. The summed E-state index contributed by atoms with van der Waals surface area (Å²) in [5.74, 6) is -0.331. The van der Waals surface area contributed by atoms with Crippen molar-refractivity contribution in [1.82, 2.24) is 0 Å². The Kier molecular flexibility index (Phi) is 6.57. The molecule has 0 saturated heterocycles. The molecule has 0 radical (unpaired) electrons. The maximum Gasteiger partial charge on any atom is 0.311 e. The molecule has 0 bridgehead atoms. The molecule has 0 aliphatic rings. The van der Waals surface area contributed by atoms with Gasteiger partial charge in [-0.3, -0.25) is 4.79 Å². The van der Waals surface area contributed by atoms with Crippen LogP contribution in [0.25, 0.3) is 0 Å². The Balaban J connectivity index is 2.54. The van der Waals surface area contributed by atoms with Crippen molar-refractivity contribution in [2.75, 3.05) is 0 Å². The van der Waals surface area contributed by atoms with Gasteiger partial charge >= 0.3 is 5.97 Å². The summed E-state index contributed by atoms with van der Waals surface area (Å²) in [4.78, 5) is 12.0. The zero-order valence-electron chi connectivity index (χ0n) is 14.5. The summed E-state index contributed by atoms with van der Waals surface area (Å²) in [7, 11) is 0. The van der Waals surface area contributed by atoms with E-state index in [0.717, 1.165) is 5.56 Å². The SMILES string of the molecule is CC(C)(C)OC(CC(=O)OCc1ccccc1)OC(C)(C)C. The molecule has 22 heavy (non-hydrogen) atoms. The highest BCUT2D eigenvalue weighted by Gasteiger charge is 2.27. The van der Waals surface area contributed by atoms with Gasteiger partial charge < -0.3 is 14.2 Å². The van der Waals surface area contributed by atoms with Crippen molar-refractivity contribution in [2.45, 2.75) is 72.1 Å². The molecule has 0 fully saturated rings. The van der Waals surface area contributed by atoms with Gasteiger partial charge in [0.1, 0.15) is 6.61 Å². The molecule has 4 heteroatoms. The molecule has 124 valence electrons. The van der Waals surface area contributed by atoms with Gasteiger partial charge in [-0.1, -0.05) is 30.3 Å². The molecule has 0 heterocycles. The molecule has 0 saturated carbocycles. The normalized spacial score (nSPS) is 12.5. The highest BCUT2D eigenvalue weighted by molar-refractivity contribution is 5.69. The van der Waals surface area contributed by atoms with Crippen LogP contribution in [0.1, 0.15) is 53.5 Å². The van der Waals surface area contributed by atoms with Crippen LogP contribution in [-0.4, -0.2) is 23.5 Å². The highest BCUT2D eigenvalue weighted by Crippen LogP contribution is 2.20. The largest absolute Gasteiger partial charge is 0.461 e. The minimum atomic E-state index is -0.622. The van der Waals surface area contributed by atoms with Crippen LogP contribution in [0, 0.1) is 0 Å². The summed E-state index contributed by atoms with van der Waals surface area (Å²) in [6.07, 6.45) is -0.551. The van der Waals surface area contributed by atoms with E-state index in [4.69, 9.17) is 14.2 Å². The van der Waals surface area contributed by atoms with Crippen molar-refractivity contribution in [2.24, 2.45) is 0 Å². The van der Waals surface area contributed by atoms with Crippen molar-refractivity contribution in [3.63, 3.8) is 0 Å². The summed E-state index contributed by atoms with van der Waals surface area (Å²) in [6.45, 7) is 11.9. The molecule has 0 aliphatic heterocycles. The van der Waals surface area contributed by atoms with Gasteiger partial charge in [0, 0.05) is 0 Å². The maximum absolute atomic E-state index is 12.0. The third kappa shape index (κ3) is 8.80. The smallest absolute Gasteiger partial charge is 0.311 e. The molecule has 0 aromatic heterocycles. The van der Waals surface area contributed by atoms with E-state index >= 15 is 0 Å². The molecule has 0 aliphatic carbocycles. The zero-order chi connectivity index (χ0) is 16.8. The number of esters is 1. The average molecular weight is 308 g/mol. The second-order valence-corrected chi connectivity index (χ2v) is 7.24. The van der Waals surface area contributed by atoms with Crippen LogP contribution in [0.5, 0.6) is 0 Å². The first-order chi connectivity index (χ1) is 10.1. The van der Waals surface area contributed by atoms with Gasteiger partial charge in [-0.2, -0.15) is 0 Å². The molecule has 1 aromatic carbocycles. The molecule has 0 unspecified atom stereocenters. The molecule has 0 amide bonds. The first kappa shape index (κ1) is 18.7. The van der Waals surface area contributed by atoms with E-state index in [0.29, 0.717) is 0 Å². The Bertz CT molecular complexity index is 438. The van der Waals surface area contributed by atoms with E-state index in [1.165, 1.54) is 0 Å². The predicted octanol–water partition coefficient (Wildman–Crippen LogP) is 4.08. The summed E-state index contributed by atoms with van der Waals surface area (Å²) in [6, 6.07) is 9.59. The quantitative estimate of drug-likeness (QED) is 0.587. The van der Waals surface area contributed by atoms with Crippen LogP contribution in [0.4, 0.5) is 0 Å². The summed E-state index contributed by atoms with van der Waals surface area (Å²) in [5.41, 5.74) is 0.173. The Morgan fingerprint density at radius 1 is 0.955 bits per heavy atom. The second kappa shape index (κ2) is 7.75. The Hall–Kier alpha value is -1.39. The molecule has 0 atom stereocenters. The molecule has 1 rings (SSSR count). The van der Waals surface area contributed by atoms with E-state index in [9.17, 15) is 4.79 Å². The topological polar surface area (TPSA) is 44.8 Å². The molecule has 1 aromatic rings. The van der Waals surface area contributed by atoms with Crippen molar-refractivity contribution in [3.8, 4) is 0 Å². The minimum absolute atomic E-state index is 0.0708. The summed E-state index contributed by atoms with van der Waals surface area (Å²) >= 11 is 0. The van der Waals surface area contributed by atoms with E-state index < -0.39 is 17.5 Å². The van der Waals surface area contributed by atoms with Crippen LogP contribution in [0.15, 0.2) is 30.3 Å². The van der Waals surface area contributed by atoms with Gasteiger partial charge in [-0.25, -0.2) is 0 Å². The van der Waals surface area contributed by atoms with Crippen molar-refractivity contribution in [1.29, 1.82) is 0 Å². The van der Waals surface area contributed by atoms with Gasteiger partial charge in [-0.05, 0) is 47.1 Å². The Morgan fingerprint density at radius 2 is 1.45 bits per heavy atom. The third-order valence-corrected chi connectivity index (χ3v) is 2.55. The lowest BCUT2D eigenvalue weighted by molar-refractivity contribution is -0.237. The van der Waals surface area contributed by atoms with Crippen molar-refractivity contribution < 1.29 is 19.0 Å². The van der Waals surface area contributed by atoms with Gasteiger partial charge in [0.25, 0.3) is 0 Å². The van der Waals surface area contributed by atoms with Crippen molar-refractivity contribution in [3.05, 3.63) is 35.9 Å². The summed E-state index contributed by atoms with van der Waals surface area (Å²) < 4.78 is 16.9. The predicted molar refractivity (Wildman–Crippen MR) is 86.3 cm³/mol. The minimum Gasteiger partial charge on any atom is -0.461 e. The molecule has 0 N–H and O–H groups in total. The van der Waals surface area contributed by atoms with E-state index in [-0.39, 0.29) is 19.0 Å². The number of benzene rings is 1. The highest BCUT2D eigenvalue weighted by atomic mass is 16.7. The van der Waals surface area contributed by atoms with Crippen LogP contribution < -0.4 is 0 Å².